The van der Waals surface area contributed by atoms with Gasteiger partial charge >= 0.3 is 0 Å². The van der Waals surface area contributed by atoms with Crippen LogP contribution in [0.2, 0.25) is 0 Å². The lowest BCUT2D eigenvalue weighted by Gasteiger charge is -2.25. The zero-order valence-corrected chi connectivity index (χ0v) is 13.7. The van der Waals surface area contributed by atoms with Gasteiger partial charge in [0, 0.05) is 12.0 Å². The molecule has 0 saturated heterocycles. The highest BCUT2D eigenvalue weighted by molar-refractivity contribution is 9.10. The van der Waals surface area contributed by atoms with Crippen LogP contribution in [0.15, 0.2) is 46.9 Å². The quantitative estimate of drug-likeness (QED) is 0.861. The van der Waals surface area contributed by atoms with Gasteiger partial charge in [0.25, 0.3) is 0 Å². The van der Waals surface area contributed by atoms with Gasteiger partial charge in [0.15, 0.2) is 0 Å². The number of aryl methyl sites for hydroxylation is 1. The Morgan fingerprint density at radius 2 is 2.05 bits per heavy atom. The average Bonchev–Trinajstić information content (AvgIpc) is 2.93. The zero-order valence-electron chi connectivity index (χ0n) is 12.1. The fourth-order valence-electron chi connectivity index (χ4n) is 3.40. The molecule has 1 aliphatic carbocycles. The molecule has 0 spiro atoms. The standard InChI is InChI=1S/C18H19BrFN/c1-21-17(11-13-6-4-8-16(20)18(13)19)15-10-9-12-5-2-3-7-14(12)15/h2-8,15,17,21H,9-11H2,1H3. The van der Waals surface area contributed by atoms with Gasteiger partial charge in [-0.15, -0.1) is 0 Å². The van der Waals surface area contributed by atoms with Crippen LogP contribution in [0.5, 0.6) is 0 Å². The Bertz CT molecular complexity index is 641. The summed E-state index contributed by atoms with van der Waals surface area (Å²) in [5, 5.41) is 3.44. The molecule has 2 aromatic rings. The van der Waals surface area contributed by atoms with E-state index in [0.717, 1.165) is 24.8 Å². The van der Waals surface area contributed by atoms with Gasteiger partial charge in [0.1, 0.15) is 5.82 Å². The Morgan fingerprint density at radius 1 is 1.24 bits per heavy atom. The van der Waals surface area contributed by atoms with Crippen molar-refractivity contribution in [2.45, 2.75) is 31.2 Å². The first kappa shape index (κ1) is 14.7. The summed E-state index contributed by atoms with van der Waals surface area (Å²) in [6.07, 6.45) is 3.13. The van der Waals surface area contributed by atoms with Crippen molar-refractivity contribution in [1.29, 1.82) is 0 Å². The van der Waals surface area contributed by atoms with Crippen LogP contribution < -0.4 is 5.32 Å². The Balaban J connectivity index is 1.85. The third kappa shape index (κ3) is 2.90. The van der Waals surface area contributed by atoms with Crippen LogP contribution in [-0.4, -0.2) is 13.1 Å². The van der Waals surface area contributed by atoms with Gasteiger partial charge in [-0.2, -0.15) is 0 Å². The zero-order chi connectivity index (χ0) is 14.8. The van der Waals surface area contributed by atoms with E-state index in [4.69, 9.17) is 0 Å². The van der Waals surface area contributed by atoms with Gasteiger partial charge in [0.05, 0.1) is 4.47 Å². The second-order valence-corrected chi connectivity index (χ2v) is 6.45. The summed E-state index contributed by atoms with van der Waals surface area (Å²) in [6, 6.07) is 14.3. The van der Waals surface area contributed by atoms with E-state index in [0.29, 0.717) is 16.4 Å². The van der Waals surface area contributed by atoms with Crippen molar-refractivity contribution in [3.63, 3.8) is 0 Å². The summed E-state index contributed by atoms with van der Waals surface area (Å²) in [5.41, 5.74) is 3.93. The number of halogens is 2. The molecule has 0 aliphatic heterocycles. The monoisotopic (exact) mass is 347 g/mol. The Labute approximate surface area is 133 Å². The maximum atomic E-state index is 13.7. The van der Waals surface area contributed by atoms with Crippen molar-refractivity contribution >= 4 is 15.9 Å². The van der Waals surface area contributed by atoms with E-state index < -0.39 is 0 Å². The van der Waals surface area contributed by atoms with Crippen molar-refractivity contribution < 1.29 is 4.39 Å². The first-order valence-electron chi connectivity index (χ1n) is 7.38. The highest BCUT2D eigenvalue weighted by Crippen LogP contribution is 2.37. The molecule has 3 heteroatoms. The Hall–Kier alpha value is -1.19. The second kappa shape index (κ2) is 6.29. The smallest absolute Gasteiger partial charge is 0.137 e. The van der Waals surface area contributed by atoms with E-state index in [-0.39, 0.29) is 5.82 Å². The Morgan fingerprint density at radius 3 is 2.86 bits per heavy atom. The molecule has 110 valence electrons. The summed E-state index contributed by atoms with van der Waals surface area (Å²) >= 11 is 3.38. The molecular formula is C18H19BrFN. The minimum absolute atomic E-state index is 0.186. The molecule has 1 nitrogen and oxygen atoms in total. The predicted molar refractivity (Wildman–Crippen MR) is 88.2 cm³/mol. The summed E-state index contributed by atoms with van der Waals surface area (Å²) in [7, 11) is 2.00. The van der Waals surface area contributed by atoms with Crippen LogP contribution in [0.1, 0.15) is 29.0 Å². The number of rotatable bonds is 4. The van der Waals surface area contributed by atoms with Crippen LogP contribution in [-0.2, 0) is 12.8 Å². The van der Waals surface area contributed by atoms with E-state index in [1.165, 1.54) is 17.2 Å². The van der Waals surface area contributed by atoms with E-state index in [9.17, 15) is 4.39 Å². The lowest BCUT2D eigenvalue weighted by atomic mass is 9.89. The first-order valence-corrected chi connectivity index (χ1v) is 8.18. The fourth-order valence-corrected chi connectivity index (χ4v) is 3.82. The molecule has 0 fully saturated rings. The highest BCUT2D eigenvalue weighted by atomic mass is 79.9. The lowest BCUT2D eigenvalue weighted by Crippen LogP contribution is -2.33. The van der Waals surface area contributed by atoms with E-state index >= 15 is 0 Å². The summed E-state index contributed by atoms with van der Waals surface area (Å²) in [4.78, 5) is 0. The minimum atomic E-state index is -0.186. The number of fused-ring (bicyclic) bond motifs is 1. The van der Waals surface area contributed by atoms with Crippen LogP contribution >= 0.6 is 15.9 Å². The first-order chi connectivity index (χ1) is 10.2. The molecule has 2 atom stereocenters. The average molecular weight is 348 g/mol. The second-order valence-electron chi connectivity index (χ2n) is 5.66. The number of hydrogen-bond acceptors (Lipinski definition) is 1. The molecule has 0 saturated carbocycles. The Kier molecular flexibility index (Phi) is 4.41. The van der Waals surface area contributed by atoms with Gasteiger partial charge in [-0.1, -0.05) is 36.4 Å². The summed E-state index contributed by atoms with van der Waals surface area (Å²) in [5.74, 6) is 0.315. The van der Waals surface area contributed by atoms with Crippen molar-refractivity contribution in [3.8, 4) is 0 Å². The molecule has 2 unspecified atom stereocenters. The van der Waals surface area contributed by atoms with Crippen molar-refractivity contribution in [3.05, 3.63) is 69.4 Å². The summed E-state index contributed by atoms with van der Waals surface area (Å²) < 4.78 is 14.3. The van der Waals surface area contributed by atoms with Gasteiger partial charge in [-0.05, 0) is 65.0 Å². The molecule has 0 amide bonds. The molecular weight excluding hydrogens is 329 g/mol. The normalized spacial score (nSPS) is 18.5. The van der Waals surface area contributed by atoms with Crippen molar-refractivity contribution in [1.82, 2.24) is 5.32 Å². The molecule has 0 aromatic heterocycles. The molecule has 21 heavy (non-hydrogen) atoms. The molecule has 2 aromatic carbocycles. The predicted octanol–water partition coefficient (Wildman–Crippen LogP) is 4.45. The maximum absolute atomic E-state index is 13.7. The third-order valence-electron chi connectivity index (χ3n) is 4.51. The van der Waals surface area contributed by atoms with Crippen LogP contribution in [0.3, 0.4) is 0 Å². The topological polar surface area (TPSA) is 12.0 Å². The number of likely N-dealkylation sites (N-methyl/N-ethyl adjacent to an activating group) is 1. The molecule has 0 radical (unpaired) electrons. The largest absolute Gasteiger partial charge is 0.316 e. The van der Waals surface area contributed by atoms with E-state index in [1.54, 1.807) is 6.07 Å². The number of benzene rings is 2. The number of nitrogens with one attached hydrogen (secondary N) is 1. The van der Waals surface area contributed by atoms with Gasteiger partial charge in [-0.3, -0.25) is 0 Å². The van der Waals surface area contributed by atoms with Gasteiger partial charge in [-0.25, -0.2) is 4.39 Å². The van der Waals surface area contributed by atoms with Gasteiger partial charge in [0.2, 0.25) is 0 Å². The molecule has 0 bridgehead atoms. The van der Waals surface area contributed by atoms with Crippen LogP contribution in [0.4, 0.5) is 4.39 Å². The van der Waals surface area contributed by atoms with Crippen molar-refractivity contribution in [2.24, 2.45) is 0 Å². The maximum Gasteiger partial charge on any atom is 0.137 e. The lowest BCUT2D eigenvalue weighted by molar-refractivity contribution is 0.454. The summed E-state index contributed by atoms with van der Waals surface area (Å²) in [6.45, 7) is 0. The molecule has 1 aliphatic rings. The molecule has 0 heterocycles. The molecule has 3 rings (SSSR count). The van der Waals surface area contributed by atoms with E-state index in [1.807, 2.05) is 13.1 Å². The van der Waals surface area contributed by atoms with Crippen LogP contribution in [0.25, 0.3) is 0 Å². The fraction of sp³-hybridized carbons (Fsp3) is 0.333. The third-order valence-corrected chi connectivity index (χ3v) is 5.40. The number of hydrogen-bond donors (Lipinski definition) is 1. The van der Waals surface area contributed by atoms with Gasteiger partial charge < -0.3 is 5.32 Å². The van der Waals surface area contributed by atoms with Crippen molar-refractivity contribution in [2.75, 3.05) is 7.05 Å². The minimum Gasteiger partial charge on any atom is -0.316 e. The SMILES string of the molecule is CNC(Cc1cccc(F)c1Br)C1CCc2ccccc21. The molecule has 1 N–H and O–H groups in total. The van der Waals surface area contributed by atoms with E-state index in [2.05, 4.69) is 45.5 Å². The highest BCUT2D eigenvalue weighted by Gasteiger charge is 2.29. The van der Waals surface area contributed by atoms with Crippen LogP contribution in [0, 0.1) is 5.82 Å².